The summed E-state index contributed by atoms with van der Waals surface area (Å²) in [7, 11) is 0. The predicted molar refractivity (Wildman–Crippen MR) is 67.3 cm³/mol. The second-order valence-electron chi connectivity index (χ2n) is 3.30. The van der Waals surface area contributed by atoms with E-state index in [0.717, 1.165) is 16.8 Å². The summed E-state index contributed by atoms with van der Waals surface area (Å²) in [6.07, 6.45) is 1.58. The van der Waals surface area contributed by atoms with Crippen LogP contribution in [0.15, 0.2) is 36.5 Å². The van der Waals surface area contributed by atoms with Crippen molar-refractivity contribution in [3.8, 4) is 11.3 Å². The molecule has 2 rings (SSSR count). The van der Waals surface area contributed by atoms with Crippen molar-refractivity contribution in [3.05, 3.63) is 52.9 Å². The van der Waals surface area contributed by atoms with Crippen LogP contribution in [0, 0.1) is 5.82 Å². The maximum absolute atomic E-state index is 13.1. The van der Waals surface area contributed by atoms with E-state index in [9.17, 15) is 4.39 Å². The SMILES string of the molecule is Fc1cccc(-c2cc(CBr)c(Cl)cn2)c1. The Labute approximate surface area is 106 Å². The largest absolute Gasteiger partial charge is 0.255 e. The molecule has 0 amide bonds. The van der Waals surface area contributed by atoms with E-state index in [-0.39, 0.29) is 5.82 Å². The molecule has 0 radical (unpaired) electrons. The summed E-state index contributed by atoms with van der Waals surface area (Å²) in [4.78, 5) is 4.18. The average molecular weight is 301 g/mol. The van der Waals surface area contributed by atoms with Gasteiger partial charge in [0.25, 0.3) is 0 Å². The van der Waals surface area contributed by atoms with Gasteiger partial charge < -0.3 is 0 Å². The first-order valence-electron chi connectivity index (χ1n) is 4.67. The Balaban J connectivity index is 2.48. The van der Waals surface area contributed by atoms with Crippen LogP contribution in [0.4, 0.5) is 4.39 Å². The van der Waals surface area contributed by atoms with Crippen molar-refractivity contribution in [1.29, 1.82) is 0 Å². The Hall–Kier alpha value is -0.930. The van der Waals surface area contributed by atoms with Crippen LogP contribution >= 0.6 is 27.5 Å². The molecule has 2 aromatic rings. The first-order chi connectivity index (χ1) is 7.70. The fraction of sp³-hybridized carbons (Fsp3) is 0.0833. The molecule has 1 aromatic heterocycles. The van der Waals surface area contributed by atoms with Gasteiger partial charge in [-0.05, 0) is 23.8 Å². The molecular formula is C12H8BrClFN. The van der Waals surface area contributed by atoms with Gasteiger partial charge in [-0.25, -0.2) is 4.39 Å². The van der Waals surface area contributed by atoms with Crippen molar-refractivity contribution in [1.82, 2.24) is 4.98 Å². The van der Waals surface area contributed by atoms with E-state index in [1.165, 1.54) is 12.1 Å². The normalized spacial score (nSPS) is 10.4. The van der Waals surface area contributed by atoms with Crippen LogP contribution in [0.5, 0.6) is 0 Å². The predicted octanol–water partition coefficient (Wildman–Crippen LogP) is 4.44. The molecule has 16 heavy (non-hydrogen) atoms. The summed E-state index contributed by atoms with van der Waals surface area (Å²) in [5, 5.41) is 1.26. The minimum Gasteiger partial charge on any atom is -0.255 e. The van der Waals surface area contributed by atoms with Gasteiger partial charge in [0, 0.05) is 17.1 Å². The van der Waals surface area contributed by atoms with Crippen LogP contribution in [-0.4, -0.2) is 4.98 Å². The Bertz CT molecular complexity index is 516. The molecule has 0 unspecified atom stereocenters. The van der Waals surface area contributed by atoms with Crippen LogP contribution in [0.3, 0.4) is 0 Å². The molecule has 0 spiro atoms. The number of hydrogen-bond donors (Lipinski definition) is 0. The number of hydrogen-bond acceptors (Lipinski definition) is 1. The van der Waals surface area contributed by atoms with Crippen molar-refractivity contribution < 1.29 is 4.39 Å². The first kappa shape index (κ1) is 11.6. The monoisotopic (exact) mass is 299 g/mol. The third-order valence-corrected chi connectivity index (χ3v) is 3.14. The summed E-state index contributed by atoms with van der Waals surface area (Å²) >= 11 is 9.29. The number of aromatic nitrogens is 1. The molecule has 0 aliphatic carbocycles. The fourth-order valence-electron chi connectivity index (χ4n) is 1.39. The summed E-state index contributed by atoms with van der Waals surface area (Å²) in [6, 6.07) is 8.19. The highest BCUT2D eigenvalue weighted by atomic mass is 79.9. The van der Waals surface area contributed by atoms with Gasteiger partial charge in [-0.1, -0.05) is 39.7 Å². The Morgan fingerprint density at radius 1 is 1.31 bits per heavy atom. The van der Waals surface area contributed by atoms with Crippen LogP contribution in [0.2, 0.25) is 5.02 Å². The van der Waals surface area contributed by atoms with Gasteiger partial charge in [0.1, 0.15) is 5.82 Å². The van der Waals surface area contributed by atoms with Gasteiger partial charge in [0.05, 0.1) is 10.7 Å². The Morgan fingerprint density at radius 2 is 2.12 bits per heavy atom. The number of pyridine rings is 1. The zero-order valence-corrected chi connectivity index (χ0v) is 10.6. The molecule has 0 aliphatic heterocycles. The molecule has 0 N–H and O–H groups in total. The van der Waals surface area contributed by atoms with E-state index in [1.54, 1.807) is 12.3 Å². The summed E-state index contributed by atoms with van der Waals surface area (Å²) < 4.78 is 13.1. The van der Waals surface area contributed by atoms with Gasteiger partial charge in [-0.15, -0.1) is 0 Å². The van der Waals surface area contributed by atoms with E-state index in [4.69, 9.17) is 11.6 Å². The maximum Gasteiger partial charge on any atom is 0.123 e. The summed E-state index contributed by atoms with van der Waals surface area (Å²) in [5.41, 5.74) is 2.41. The third kappa shape index (κ3) is 2.42. The van der Waals surface area contributed by atoms with Crippen molar-refractivity contribution in [3.63, 3.8) is 0 Å². The van der Waals surface area contributed by atoms with Crippen molar-refractivity contribution >= 4 is 27.5 Å². The van der Waals surface area contributed by atoms with Crippen LogP contribution in [0.1, 0.15) is 5.56 Å². The number of halogens is 3. The summed E-state index contributed by atoms with van der Waals surface area (Å²) in [5.74, 6) is -0.269. The van der Waals surface area contributed by atoms with E-state index in [2.05, 4.69) is 20.9 Å². The molecule has 0 fully saturated rings. The molecular weight excluding hydrogens is 292 g/mol. The molecule has 1 nitrogen and oxygen atoms in total. The Kier molecular flexibility index (Phi) is 3.56. The molecule has 0 atom stereocenters. The van der Waals surface area contributed by atoms with E-state index in [0.29, 0.717) is 10.4 Å². The topological polar surface area (TPSA) is 12.9 Å². The average Bonchev–Trinajstić information content (AvgIpc) is 2.29. The van der Waals surface area contributed by atoms with Gasteiger partial charge in [-0.2, -0.15) is 0 Å². The molecule has 82 valence electrons. The van der Waals surface area contributed by atoms with Crippen molar-refractivity contribution in [2.75, 3.05) is 0 Å². The lowest BCUT2D eigenvalue weighted by atomic mass is 10.1. The Morgan fingerprint density at radius 3 is 2.81 bits per heavy atom. The van der Waals surface area contributed by atoms with Gasteiger partial charge in [0.15, 0.2) is 0 Å². The van der Waals surface area contributed by atoms with Crippen LogP contribution in [0.25, 0.3) is 11.3 Å². The number of alkyl halides is 1. The van der Waals surface area contributed by atoms with Crippen LogP contribution in [-0.2, 0) is 5.33 Å². The van der Waals surface area contributed by atoms with Gasteiger partial charge in [0.2, 0.25) is 0 Å². The molecule has 0 bridgehead atoms. The molecule has 4 heteroatoms. The zero-order valence-electron chi connectivity index (χ0n) is 8.25. The molecule has 1 heterocycles. The second-order valence-corrected chi connectivity index (χ2v) is 4.27. The quantitative estimate of drug-likeness (QED) is 0.747. The van der Waals surface area contributed by atoms with Crippen molar-refractivity contribution in [2.24, 2.45) is 0 Å². The molecule has 0 saturated heterocycles. The number of nitrogens with zero attached hydrogens (tertiary/aromatic N) is 1. The maximum atomic E-state index is 13.1. The molecule has 0 saturated carbocycles. The minimum absolute atomic E-state index is 0.269. The van der Waals surface area contributed by atoms with Gasteiger partial charge >= 0.3 is 0 Å². The smallest absolute Gasteiger partial charge is 0.123 e. The third-order valence-electron chi connectivity index (χ3n) is 2.20. The molecule has 0 aliphatic rings. The van der Waals surface area contributed by atoms with Crippen LogP contribution < -0.4 is 0 Å². The highest BCUT2D eigenvalue weighted by Crippen LogP contribution is 2.24. The standard InChI is InChI=1S/C12H8BrClFN/c13-6-9-5-12(16-7-11(9)14)8-2-1-3-10(15)4-8/h1-5,7H,6H2. The number of benzene rings is 1. The minimum atomic E-state index is -0.269. The van der Waals surface area contributed by atoms with Crippen molar-refractivity contribution in [2.45, 2.75) is 5.33 Å². The lowest BCUT2D eigenvalue weighted by Crippen LogP contribution is -1.88. The number of rotatable bonds is 2. The lowest BCUT2D eigenvalue weighted by Gasteiger charge is -2.04. The fourth-order valence-corrected chi connectivity index (χ4v) is 2.18. The highest BCUT2D eigenvalue weighted by Gasteiger charge is 2.05. The second kappa shape index (κ2) is 4.93. The van der Waals surface area contributed by atoms with E-state index >= 15 is 0 Å². The lowest BCUT2D eigenvalue weighted by molar-refractivity contribution is 0.628. The first-order valence-corrected chi connectivity index (χ1v) is 6.17. The zero-order chi connectivity index (χ0) is 11.5. The van der Waals surface area contributed by atoms with E-state index in [1.807, 2.05) is 12.1 Å². The molecule has 1 aromatic carbocycles. The van der Waals surface area contributed by atoms with Gasteiger partial charge in [-0.3, -0.25) is 4.98 Å². The highest BCUT2D eigenvalue weighted by molar-refractivity contribution is 9.08. The summed E-state index contributed by atoms with van der Waals surface area (Å²) in [6.45, 7) is 0. The van der Waals surface area contributed by atoms with E-state index < -0.39 is 0 Å².